The molecular formula is C11H15N. The number of pyridine rings is 1. The Morgan fingerprint density at radius 3 is 2.83 bits per heavy atom. The minimum atomic E-state index is 0.799. The van der Waals surface area contributed by atoms with E-state index in [9.17, 15) is 0 Å². The smallest absolute Gasteiger partial charge is 0.0438 e. The van der Waals surface area contributed by atoms with Crippen molar-refractivity contribution >= 4 is 0 Å². The van der Waals surface area contributed by atoms with Gasteiger partial charge < -0.3 is 0 Å². The Morgan fingerprint density at radius 2 is 2.00 bits per heavy atom. The summed E-state index contributed by atoms with van der Waals surface area (Å²) in [5, 5.41) is 0. The second-order valence-electron chi connectivity index (χ2n) is 3.97. The first-order valence-corrected chi connectivity index (χ1v) is 4.70. The molecule has 0 radical (unpaired) electrons. The lowest BCUT2D eigenvalue weighted by molar-refractivity contribution is 0.356. The Kier molecular flexibility index (Phi) is 1.87. The van der Waals surface area contributed by atoms with E-state index in [1.54, 1.807) is 0 Å². The second kappa shape index (κ2) is 2.89. The number of fused-ring (bicyclic) bond motifs is 1. The first-order chi connectivity index (χ1) is 5.77. The summed E-state index contributed by atoms with van der Waals surface area (Å²) in [6, 6.07) is 4.26. The molecular weight excluding hydrogens is 146 g/mol. The summed E-state index contributed by atoms with van der Waals surface area (Å²) in [4.78, 5) is 4.40. The first kappa shape index (κ1) is 7.78. The van der Waals surface area contributed by atoms with Gasteiger partial charge in [0.25, 0.3) is 0 Å². The van der Waals surface area contributed by atoms with Crippen LogP contribution in [-0.2, 0) is 12.8 Å². The van der Waals surface area contributed by atoms with Crippen molar-refractivity contribution in [1.29, 1.82) is 0 Å². The van der Waals surface area contributed by atoms with E-state index in [-0.39, 0.29) is 0 Å². The van der Waals surface area contributed by atoms with E-state index in [0.29, 0.717) is 0 Å². The third-order valence-electron chi connectivity index (χ3n) is 3.01. The zero-order chi connectivity index (χ0) is 8.55. The van der Waals surface area contributed by atoms with E-state index >= 15 is 0 Å². The van der Waals surface area contributed by atoms with Crippen LogP contribution in [0.5, 0.6) is 0 Å². The molecule has 1 aliphatic rings. The maximum atomic E-state index is 4.40. The zero-order valence-corrected chi connectivity index (χ0v) is 7.75. The molecule has 64 valence electrons. The van der Waals surface area contributed by atoms with Gasteiger partial charge >= 0.3 is 0 Å². The summed E-state index contributed by atoms with van der Waals surface area (Å²) >= 11 is 0. The van der Waals surface area contributed by atoms with Crippen LogP contribution in [0.1, 0.15) is 25.1 Å². The van der Waals surface area contributed by atoms with E-state index in [1.165, 1.54) is 17.7 Å². The van der Waals surface area contributed by atoms with Gasteiger partial charge in [-0.2, -0.15) is 0 Å². The van der Waals surface area contributed by atoms with E-state index in [4.69, 9.17) is 0 Å². The van der Waals surface area contributed by atoms with Crippen molar-refractivity contribution in [3.63, 3.8) is 0 Å². The van der Waals surface area contributed by atoms with Crippen molar-refractivity contribution in [3.05, 3.63) is 29.6 Å². The lowest BCUT2D eigenvalue weighted by Crippen LogP contribution is -2.21. The van der Waals surface area contributed by atoms with Crippen LogP contribution in [0.25, 0.3) is 0 Å². The van der Waals surface area contributed by atoms with Crippen LogP contribution >= 0.6 is 0 Å². The molecule has 1 heterocycles. The van der Waals surface area contributed by atoms with Crippen molar-refractivity contribution in [2.24, 2.45) is 11.8 Å². The Labute approximate surface area is 73.8 Å². The fraction of sp³-hybridized carbons (Fsp3) is 0.545. The first-order valence-electron chi connectivity index (χ1n) is 4.70. The summed E-state index contributed by atoms with van der Waals surface area (Å²) in [5.74, 6) is 1.62. The lowest BCUT2D eigenvalue weighted by atomic mass is 9.80. The predicted octanol–water partition coefficient (Wildman–Crippen LogP) is 2.45. The van der Waals surface area contributed by atoms with Gasteiger partial charge in [-0.15, -0.1) is 0 Å². The molecule has 12 heavy (non-hydrogen) atoms. The number of hydrogen-bond donors (Lipinski definition) is 0. The van der Waals surface area contributed by atoms with Crippen molar-refractivity contribution in [3.8, 4) is 0 Å². The minimum Gasteiger partial charge on any atom is -0.261 e. The molecule has 0 bridgehead atoms. The average molecular weight is 161 g/mol. The molecule has 1 aromatic heterocycles. The van der Waals surface area contributed by atoms with Crippen LogP contribution in [0.2, 0.25) is 0 Å². The third kappa shape index (κ3) is 1.24. The highest BCUT2D eigenvalue weighted by Gasteiger charge is 2.21. The van der Waals surface area contributed by atoms with Crippen molar-refractivity contribution in [1.82, 2.24) is 4.98 Å². The fourth-order valence-electron chi connectivity index (χ4n) is 1.90. The predicted molar refractivity (Wildman–Crippen MR) is 50.0 cm³/mol. The molecule has 1 heteroatoms. The second-order valence-corrected chi connectivity index (χ2v) is 3.97. The summed E-state index contributed by atoms with van der Waals surface area (Å²) in [5.41, 5.74) is 2.78. The highest BCUT2D eigenvalue weighted by Crippen LogP contribution is 2.27. The number of rotatable bonds is 0. The van der Waals surface area contributed by atoms with Gasteiger partial charge in [0.15, 0.2) is 0 Å². The Balaban J connectivity index is 2.34. The van der Waals surface area contributed by atoms with Gasteiger partial charge in [0.2, 0.25) is 0 Å². The summed E-state index contributed by atoms with van der Waals surface area (Å²) in [6.45, 7) is 4.66. The molecule has 0 unspecified atom stereocenters. The third-order valence-corrected chi connectivity index (χ3v) is 3.01. The maximum absolute atomic E-state index is 4.40. The Morgan fingerprint density at radius 1 is 1.25 bits per heavy atom. The molecule has 1 aromatic rings. The number of nitrogens with zero attached hydrogens (tertiary/aromatic N) is 1. The quantitative estimate of drug-likeness (QED) is 0.569. The van der Waals surface area contributed by atoms with Gasteiger partial charge in [-0.05, 0) is 36.3 Å². The molecule has 0 N–H and O–H groups in total. The highest BCUT2D eigenvalue weighted by atomic mass is 14.7. The molecule has 1 nitrogen and oxygen atoms in total. The van der Waals surface area contributed by atoms with Crippen molar-refractivity contribution in [2.75, 3.05) is 0 Å². The Bertz CT molecular complexity index is 251. The summed E-state index contributed by atoms with van der Waals surface area (Å²) in [6.07, 6.45) is 4.28. The highest BCUT2D eigenvalue weighted by molar-refractivity contribution is 5.23. The molecule has 0 fully saturated rings. The van der Waals surface area contributed by atoms with Gasteiger partial charge in [0, 0.05) is 11.9 Å². The van der Waals surface area contributed by atoms with Crippen LogP contribution in [0.4, 0.5) is 0 Å². The maximum Gasteiger partial charge on any atom is 0.0438 e. The standard InChI is InChI=1S/C11H15N/c1-8-6-10-4-3-5-12-11(10)7-9(8)2/h3-5,8-9H,6-7H2,1-2H3/t8-,9+/m0/s1. The van der Waals surface area contributed by atoms with Crippen LogP contribution in [0, 0.1) is 11.8 Å². The van der Waals surface area contributed by atoms with E-state index < -0.39 is 0 Å². The molecule has 0 saturated heterocycles. The van der Waals surface area contributed by atoms with E-state index in [1.807, 2.05) is 12.3 Å². The van der Waals surface area contributed by atoms with Gasteiger partial charge in [-0.3, -0.25) is 4.98 Å². The van der Waals surface area contributed by atoms with Crippen LogP contribution in [0.15, 0.2) is 18.3 Å². The van der Waals surface area contributed by atoms with E-state index in [2.05, 4.69) is 24.9 Å². The van der Waals surface area contributed by atoms with Gasteiger partial charge in [-0.1, -0.05) is 19.9 Å². The molecule has 0 amide bonds. The lowest BCUT2D eigenvalue weighted by Gasteiger charge is -2.26. The molecule has 2 atom stereocenters. The minimum absolute atomic E-state index is 0.799. The molecule has 0 spiro atoms. The molecule has 1 aliphatic carbocycles. The SMILES string of the molecule is C[C@@H]1Cc2ncccc2C[C@@H]1C. The summed E-state index contributed by atoms with van der Waals surface area (Å²) in [7, 11) is 0. The number of hydrogen-bond acceptors (Lipinski definition) is 1. The van der Waals surface area contributed by atoms with Crippen LogP contribution < -0.4 is 0 Å². The summed E-state index contributed by atoms with van der Waals surface area (Å²) < 4.78 is 0. The zero-order valence-electron chi connectivity index (χ0n) is 7.75. The molecule has 0 aromatic carbocycles. The largest absolute Gasteiger partial charge is 0.261 e. The molecule has 2 rings (SSSR count). The van der Waals surface area contributed by atoms with Gasteiger partial charge in [0.1, 0.15) is 0 Å². The van der Waals surface area contributed by atoms with Crippen molar-refractivity contribution < 1.29 is 0 Å². The molecule has 0 aliphatic heterocycles. The fourth-order valence-corrected chi connectivity index (χ4v) is 1.90. The van der Waals surface area contributed by atoms with Crippen molar-refractivity contribution in [2.45, 2.75) is 26.7 Å². The molecule has 0 saturated carbocycles. The van der Waals surface area contributed by atoms with Crippen LogP contribution in [-0.4, -0.2) is 4.98 Å². The monoisotopic (exact) mass is 161 g/mol. The normalized spacial score (nSPS) is 28.2. The Hall–Kier alpha value is -0.850. The van der Waals surface area contributed by atoms with E-state index in [0.717, 1.165) is 18.3 Å². The van der Waals surface area contributed by atoms with Gasteiger partial charge in [-0.25, -0.2) is 0 Å². The van der Waals surface area contributed by atoms with Crippen LogP contribution in [0.3, 0.4) is 0 Å². The van der Waals surface area contributed by atoms with Gasteiger partial charge in [0.05, 0.1) is 0 Å². The number of aromatic nitrogens is 1. The topological polar surface area (TPSA) is 12.9 Å². The average Bonchev–Trinajstić information content (AvgIpc) is 2.07.